The van der Waals surface area contributed by atoms with Crippen LogP contribution in [0, 0.1) is 0 Å². The number of benzene rings is 1. The minimum Gasteiger partial charge on any atom is -0.357 e. The van der Waals surface area contributed by atoms with Gasteiger partial charge in [0, 0.05) is 51.9 Å². The highest BCUT2D eigenvalue weighted by Gasteiger charge is 2.26. The number of para-hydroxylation sites is 1. The summed E-state index contributed by atoms with van der Waals surface area (Å²) in [5.74, 6) is 1.12. The first kappa shape index (κ1) is 21.5. The number of rotatable bonds is 4. The number of piperazine rings is 1. The number of guanidine groups is 1. The molecule has 0 aromatic heterocycles. The maximum atomic E-state index is 12.2. The molecule has 2 aliphatic heterocycles. The third-order valence-electron chi connectivity index (χ3n) is 4.87. The van der Waals surface area contributed by atoms with Gasteiger partial charge in [-0.3, -0.25) is 14.6 Å². The molecule has 0 unspecified atom stereocenters. The highest BCUT2D eigenvalue weighted by molar-refractivity contribution is 14.0. The number of hydrogen-bond donors (Lipinski definition) is 1. The lowest BCUT2D eigenvalue weighted by Gasteiger charge is -2.36. The molecule has 0 radical (unpaired) electrons. The normalized spacial score (nSPS) is 16.9. The van der Waals surface area contributed by atoms with Gasteiger partial charge >= 0.3 is 0 Å². The fourth-order valence-corrected chi connectivity index (χ4v) is 3.48. The third-order valence-corrected chi connectivity index (χ3v) is 4.87. The summed E-state index contributed by atoms with van der Waals surface area (Å²) in [6.07, 6.45) is 0.479. The van der Waals surface area contributed by atoms with Crippen molar-refractivity contribution in [3.8, 4) is 0 Å². The molecule has 0 bridgehead atoms. The van der Waals surface area contributed by atoms with E-state index in [1.54, 1.807) is 6.92 Å². The van der Waals surface area contributed by atoms with Crippen molar-refractivity contribution in [2.24, 2.45) is 4.99 Å². The van der Waals surface area contributed by atoms with Gasteiger partial charge in [0.2, 0.25) is 11.8 Å². The van der Waals surface area contributed by atoms with Crippen molar-refractivity contribution >= 4 is 47.4 Å². The summed E-state index contributed by atoms with van der Waals surface area (Å²) in [6, 6.07) is 7.94. The summed E-state index contributed by atoms with van der Waals surface area (Å²) in [5, 5.41) is 3.32. The second kappa shape index (κ2) is 9.91. The Morgan fingerprint density at radius 2 is 1.81 bits per heavy atom. The maximum absolute atomic E-state index is 12.2. The summed E-state index contributed by atoms with van der Waals surface area (Å²) >= 11 is 0. The predicted octanol–water partition coefficient (Wildman–Crippen LogP) is 1.32. The van der Waals surface area contributed by atoms with Crippen molar-refractivity contribution in [2.45, 2.75) is 20.3 Å². The van der Waals surface area contributed by atoms with Crippen molar-refractivity contribution in [1.82, 2.24) is 15.1 Å². The van der Waals surface area contributed by atoms with Gasteiger partial charge in [-0.25, -0.2) is 0 Å². The third kappa shape index (κ3) is 5.12. The van der Waals surface area contributed by atoms with Gasteiger partial charge in [-0.2, -0.15) is 0 Å². The molecule has 1 fully saturated rings. The van der Waals surface area contributed by atoms with E-state index in [4.69, 9.17) is 4.99 Å². The minimum absolute atomic E-state index is 0. The highest BCUT2D eigenvalue weighted by Crippen LogP contribution is 2.27. The first-order chi connectivity index (χ1) is 12.6. The van der Waals surface area contributed by atoms with Crippen LogP contribution in [0.3, 0.4) is 0 Å². The number of nitrogens with zero attached hydrogens (tertiary/aromatic N) is 4. The largest absolute Gasteiger partial charge is 0.357 e. The van der Waals surface area contributed by atoms with E-state index in [9.17, 15) is 9.59 Å². The Morgan fingerprint density at radius 1 is 1.15 bits per heavy atom. The number of carbonyl (C=O) groups excluding carboxylic acids is 2. The second-order valence-electron chi connectivity index (χ2n) is 6.58. The smallest absolute Gasteiger partial charge is 0.231 e. The molecule has 0 atom stereocenters. The van der Waals surface area contributed by atoms with E-state index < -0.39 is 0 Å². The lowest BCUT2D eigenvalue weighted by molar-refractivity contribution is -0.130. The minimum atomic E-state index is 0. The summed E-state index contributed by atoms with van der Waals surface area (Å²) in [5.41, 5.74) is 2.10. The van der Waals surface area contributed by atoms with Crippen LogP contribution < -0.4 is 10.2 Å². The van der Waals surface area contributed by atoms with Crippen molar-refractivity contribution < 1.29 is 9.59 Å². The number of aliphatic imine (C=N–C) groups is 1. The zero-order valence-electron chi connectivity index (χ0n) is 16.0. The Bertz CT molecular complexity index is 701. The van der Waals surface area contributed by atoms with Crippen molar-refractivity contribution in [1.29, 1.82) is 0 Å². The van der Waals surface area contributed by atoms with Crippen LogP contribution in [0.4, 0.5) is 5.69 Å². The van der Waals surface area contributed by atoms with E-state index in [-0.39, 0.29) is 35.8 Å². The van der Waals surface area contributed by atoms with Crippen LogP contribution in [0.2, 0.25) is 0 Å². The first-order valence-electron chi connectivity index (χ1n) is 9.27. The predicted molar refractivity (Wildman–Crippen MR) is 118 cm³/mol. The molecule has 27 heavy (non-hydrogen) atoms. The number of fused-ring (bicyclic) bond motifs is 1. The summed E-state index contributed by atoms with van der Waals surface area (Å²) in [4.78, 5) is 34.3. The zero-order valence-corrected chi connectivity index (χ0v) is 18.3. The molecule has 0 spiro atoms. The fraction of sp³-hybridized carbons (Fsp3) is 0.526. The summed E-state index contributed by atoms with van der Waals surface area (Å²) in [6.45, 7) is 8.56. The molecule has 2 aliphatic rings. The molecule has 3 rings (SSSR count). The van der Waals surface area contributed by atoms with Crippen LogP contribution in [0.1, 0.15) is 19.4 Å². The molecule has 148 valence electrons. The van der Waals surface area contributed by atoms with E-state index in [0.29, 0.717) is 19.5 Å². The van der Waals surface area contributed by atoms with E-state index in [1.807, 2.05) is 41.0 Å². The van der Waals surface area contributed by atoms with Crippen LogP contribution in [-0.4, -0.2) is 73.4 Å². The number of amides is 2. The van der Waals surface area contributed by atoms with Gasteiger partial charge in [0.05, 0.1) is 13.0 Å². The lowest BCUT2D eigenvalue weighted by Crippen LogP contribution is -2.53. The Hall–Kier alpha value is -1.84. The monoisotopic (exact) mass is 485 g/mol. The van der Waals surface area contributed by atoms with Crippen molar-refractivity contribution in [3.05, 3.63) is 29.8 Å². The molecule has 8 heteroatoms. The van der Waals surface area contributed by atoms with E-state index in [1.165, 1.54) is 0 Å². The van der Waals surface area contributed by atoms with Crippen LogP contribution in [-0.2, 0) is 16.0 Å². The van der Waals surface area contributed by atoms with E-state index in [2.05, 4.69) is 10.2 Å². The van der Waals surface area contributed by atoms with Crippen molar-refractivity contribution in [2.75, 3.05) is 50.7 Å². The topological polar surface area (TPSA) is 68.2 Å². The summed E-state index contributed by atoms with van der Waals surface area (Å²) in [7, 11) is 0. The van der Waals surface area contributed by atoms with E-state index >= 15 is 0 Å². The average Bonchev–Trinajstić information content (AvgIpc) is 2.96. The molecule has 0 aliphatic carbocycles. The zero-order chi connectivity index (χ0) is 18.5. The molecular weight excluding hydrogens is 457 g/mol. The Balaban J connectivity index is 0.00000261. The van der Waals surface area contributed by atoms with Crippen LogP contribution in [0.15, 0.2) is 29.3 Å². The SMILES string of the molecule is CCNC(=NCCN1C(=O)Cc2ccccc21)N1CCN(C(C)=O)CC1.I. The molecule has 1 saturated heterocycles. The van der Waals surface area contributed by atoms with Crippen LogP contribution in [0.25, 0.3) is 0 Å². The van der Waals surface area contributed by atoms with Crippen molar-refractivity contribution in [3.63, 3.8) is 0 Å². The van der Waals surface area contributed by atoms with Gasteiger partial charge in [0.1, 0.15) is 0 Å². The molecule has 2 amide bonds. The van der Waals surface area contributed by atoms with E-state index in [0.717, 1.165) is 49.9 Å². The molecule has 2 heterocycles. The maximum Gasteiger partial charge on any atom is 0.231 e. The Kier molecular flexibility index (Phi) is 7.88. The quantitative estimate of drug-likeness (QED) is 0.397. The number of anilines is 1. The highest BCUT2D eigenvalue weighted by atomic mass is 127. The standard InChI is InChI=1S/C19H27N5O2.HI/c1-3-20-19(23-12-10-22(11-13-23)15(2)25)21-8-9-24-17-7-5-4-6-16(17)14-18(24)26;/h4-7H,3,8-14H2,1-2H3,(H,20,21);1H. The lowest BCUT2D eigenvalue weighted by atomic mass is 10.2. The molecule has 0 saturated carbocycles. The van der Waals surface area contributed by atoms with Gasteiger partial charge in [0.15, 0.2) is 5.96 Å². The molecular formula is C19H28IN5O2. The van der Waals surface area contributed by atoms with Gasteiger partial charge in [-0.05, 0) is 18.6 Å². The summed E-state index contributed by atoms with van der Waals surface area (Å²) < 4.78 is 0. The van der Waals surface area contributed by atoms with Gasteiger partial charge < -0.3 is 20.0 Å². The van der Waals surface area contributed by atoms with Crippen LogP contribution >= 0.6 is 24.0 Å². The number of hydrogen-bond acceptors (Lipinski definition) is 3. The number of nitrogens with one attached hydrogen (secondary N) is 1. The van der Waals surface area contributed by atoms with Gasteiger partial charge in [-0.15, -0.1) is 24.0 Å². The molecule has 7 nitrogen and oxygen atoms in total. The van der Waals surface area contributed by atoms with Crippen LogP contribution in [0.5, 0.6) is 0 Å². The van der Waals surface area contributed by atoms with Gasteiger partial charge in [0.25, 0.3) is 0 Å². The molecule has 1 aromatic rings. The van der Waals surface area contributed by atoms with Gasteiger partial charge in [-0.1, -0.05) is 18.2 Å². The number of carbonyl (C=O) groups is 2. The second-order valence-corrected chi connectivity index (χ2v) is 6.58. The molecule has 1 aromatic carbocycles. The average molecular weight is 485 g/mol. The molecule has 1 N–H and O–H groups in total. The number of halogens is 1. The Labute approximate surface area is 177 Å². The first-order valence-corrected chi connectivity index (χ1v) is 9.27. The fourth-order valence-electron chi connectivity index (χ4n) is 3.48. The Morgan fingerprint density at radius 3 is 2.48 bits per heavy atom.